The van der Waals surface area contributed by atoms with Crippen LogP contribution in [0, 0.1) is 0 Å². The minimum atomic E-state index is -0.592. The number of nitrogen functional groups attached to an aromatic ring is 1. The highest BCUT2D eigenvalue weighted by molar-refractivity contribution is 6.45. The van der Waals surface area contributed by atoms with Crippen molar-refractivity contribution in [3.8, 4) is 11.4 Å². The molecule has 1 aromatic carbocycles. The molecule has 0 atom stereocenters. The number of aromatic amines is 1. The van der Waals surface area contributed by atoms with Gasteiger partial charge in [0.15, 0.2) is 0 Å². The van der Waals surface area contributed by atoms with Crippen LogP contribution in [0.3, 0.4) is 0 Å². The van der Waals surface area contributed by atoms with Crippen LogP contribution in [0.5, 0.6) is 0 Å². The maximum absolute atomic E-state index is 13.4. The number of fused-ring (bicyclic) bond motifs is 1. The number of pyridine rings is 1. The number of H-pyrrole nitrogens is 1. The Morgan fingerprint density at radius 2 is 1.83 bits per heavy atom. The predicted octanol–water partition coefficient (Wildman–Crippen LogP) is 2.30. The van der Waals surface area contributed by atoms with E-state index >= 15 is 0 Å². The monoisotopic (exact) mass is 481 g/mol. The summed E-state index contributed by atoms with van der Waals surface area (Å²) in [6.07, 6.45) is 7.60. The molecule has 0 unspecified atom stereocenters. The molecule has 3 N–H and O–H groups in total. The summed E-state index contributed by atoms with van der Waals surface area (Å²) < 4.78 is 0. The molecular weight excluding hydrogens is 458 g/mol. The van der Waals surface area contributed by atoms with Crippen molar-refractivity contribution in [3.63, 3.8) is 0 Å². The van der Waals surface area contributed by atoms with Gasteiger partial charge in [-0.2, -0.15) is 0 Å². The summed E-state index contributed by atoms with van der Waals surface area (Å²) in [4.78, 5) is 59.0. The maximum Gasteiger partial charge on any atom is 0.295 e. The van der Waals surface area contributed by atoms with Crippen molar-refractivity contribution >= 4 is 34.3 Å². The van der Waals surface area contributed by atoms with Crippen LogP contribution in [0.4, 0.5) is 5.82 Å². The van der Waals surface area contributed by atoms with Crippen molar-refractivity contribution < 1.29 is 14.4 Å². The van der Waals surface area contributed by atoms with Crippen LogP contribution in [0.15, 0.2) is 61.2 Å². The molecule has 2 fully saturated rings. The molecule has 3 aromatic heterocycles. The van der Waals surface area contributed by atoms with Gasteiger partial charge >= 0.3 is 0 Å². The molecule has 1 aliphatic carbocycles. The van der Waals surface area contributed by atoms with Crippen molar-refractivity contribution in [2.75, 3.05) is 25.4 Å². The first-order valence-electron chi connectivity index (χ1n) is 11.7. The number of nitrogens with zero attached hydrogens (tertiary/aromatic N) is 5. The molecular formula is C26H23N7O3. The predicted molar refractivity (Wildman–Crippen MR) is 132 cm³/mol. The van der Waals surface area contributed by atoms with Gasteiger partial charge in [0.25, 0.3) is 17.6 Å². The molecule has 10 heteroatoms. The van der Waals surface area contributed by atoms with Crippen LogP contribution >= 0.6 is 0 Å². The van der Waals surface area contributed by atoms with Crippen molar-refractivity contribution in [3.05, 3.63) is 72.3 Å². The molecule has 1 aliphatic heterocycles. The van der Waals surface area contributed by atoms with Crippen LogP contribution in [0.2, 0.25) is 0 Å². The Kier molecular flexibility index (Phi) is 5.03. The zero-order chi connectivity index (χ0) is 24.9. The number of benzene rings is 1. The van der Waals surface area contributed by atoms with Gasteiger partial charge in [-0.15, -0.1) is 0 Å². The van der Waals surface area contributed by atoms with E-state index in [1.54, 1.807) is 40.4 Å². The zero-order valence-electron chi connectivity index (χ0n) is 19.3. The number of anilines is 1. The molecule has 1 saturated carbocycles. The lowest BCUT2D eigenvalue weighted by atomic mass is 10.0. The standard InChI is InChI=1S/C26H23N7O3/c27-20-14-28-13-19(31-20)22-21-17(6-9-29-22)18(12-30-21)23(34)25(36)33-11-10-32(15-26(33)7-8-26)24(35)16-4-2-1-3-5-16/h1-6,9,12-14,30H,7-8,10-11,15H2,(H2,27,31). The third-order valence-corrected chi connectivity index (χ3v) is 6.97. The lowest BCUT2D eigenvalue weighted by Crippen LogP contribution is -2.59. The highest BCUT2D eigenvalue weighted by atomic mass is 16.2. The molecule has 1 saturated heterocycles. The van der Waals surface area contributed by atoms with Crippen molar-refractivity contribution in [1.29, 1.82) is 0 Å². The number of hydrogen-bond donors (Lipinski definition) is 2. The van der Waals surface area contributed by atoms with Crippen LogP contribution in [0.25, 0.3) is 22.3 Å². The first kappa shape index (κ1) is 21.9. The molecule has 6 rings (SSSR count). The molecule has 0 radical (unpaired) electrons. The van der Waals surface area contributed by atoms with Gasteiger partial charge in [0.1, 0.15) is 17.2 Å². The number of amides is 2. The summed E-state index contributed by atoms with van der Waals surface area (Å²) in [6, 6.07) is 10.8. The molecule has 10 nitrogen and oxygen atoms in total. The lowest BCUT2D eigenvalue weighted by molar-refractivity contribution is -0.131. The number of nitrogens with one attached hydrogen (secondary N) is 1. The Morgan fingerprint density at radius 1 is 1.03 bits per heavy atom. The van der Waals surface area contributed by atoms with Crippen molar-refractivity contribution in [2.24, 2.45) is 0 Å². The Labute approximate surface area is 206 Å². The van der Waals surface area contributed by atoms with E-state index in [1.807, 2.05) is 18.2 Å². The fourth-order valence-corrected chi connectivity index (χ4v) is 4.97. The van der Waals surface area contributed by atoms with Gasteiger partial charge in [-0.05, 0) is 31.0 Å². The number of nitrogens with two attached hydrogens (primary N) is 1. The topological polar surface area (TPSA) is 138 Å². The number of piperazine rings is 1. The van der Waals surface area contributed by atoms with Crippen molar-refractivity contribution in [2.45, 2.75) is 18.4 Å². The second kappa shape index (κ2) is 8.26. The zero-order valence-corrected chi connectivity index (χ0v) is 19.3. The Hall–Kier alpha value is -4.60. The third kappa shape index (κ3) is 3.58. The van der Waals surface area contributed by atoms with Crippen molar-refractivity contribution in [1.82, 2.24) is 29.7 Å². The lowest BCUT2D eigenvalue weighted by Gasteiger charge is -2.41. The van der Waals surface area contributed by atoms with Crippen LogP contribution in [-0.2, 0) is 4.79 Å². The quantitative estimate of drug-likeness (QED) is 0.337. The van der Waals surface area contributed by atoms with E-state index in [4.69, 9.17) is 5.73 Å². The van der Waals surface area contributed by atoms with E-state index in [0.29, 0.717) is 47.5 Å². The summed E-state index contributed by atoms with van der Waals surface area (Å²) >= 11 is 0. The normalized spacial score (nSPS) is 16.3. The summed E-state index contributed by atoms with van der Waals surface area (Å²) in [5, 5.41) is 0.574. The Bertz CT molecular complexity index is 1510. The average molecular weight is 482 g/mol. The van der Waals surface area contributed by atoms with E-state index < -0.39 is 17.2 Å². The summed E-state index contributed by atoms with van der Waals surface area (Å²) in [5.41, 5.74) is 7.71. The van der Waals surface area contributed by atoms with Gasteiger partial charge in [-0.25, -0.2) is 4.98 Å². The number of ketones is 1. The third-order valence-electron chi connectivity index (χ3n) is 6.97. The van der Waals surface area contributed by atoms with Gasteiger partial charge < -0.3 is 20.5 Å². The minimum absolute atomic E-state index is 0.0541. The number of carbonyl (C=O) groups excluding carboxylic acids is 3. The first-order valence-corrected chi connectivity index (χ1v) is 11.7. The van der Waals surface area contributed by atoms with E-state index in [1.165, 1.54) is 12.4 Å². The number of aromatic nitrogens is 4. The molecule has 0 bridgehead atoms. The Balaban J connectivity index is 1.25. The maximum atomic E-state index is 13.4. The van der Waals surface area contributed by atoms with Crippen LogP contribution in [0.1, 0.15) is 33.6 Å². The van der Waals surface area contributed by atoms with E-state index in [-0.39, 0.29) is 17.3 Å². The summed E-state index contributed by atoms with van der Waals surface area (Å²) in [5.74, 6) is -0.945. The van der Waals surface area contributed by atoms with Gasteiger partial charge in [0.05, 0.1) is 29.0 Å². The van der Waals surface area contributed by atoms with Crippen LogP contribution in [-0.4, -0.2) is 72.5 Å². The summed E-state index contributed by atoms with van der Waals surface area (Å²) in [7, 11) is 0. The van der Waals surface area contributed by atoms with Crippen LogP contribution < -0.4 is 5.73 Å². The number of rotatable bonds is 4. The highest BCUT2D eigenvalue weighted by Gasteiger charge is 2.55. The number of hydrogen-bond acceptors (Lipinski definition) is 7. The number of carbonyl (C=O) groups is 3. The van der Waals surface area contributed by atoms with E-state index in [2.05, 4.69) is 19.9 Å². The SMILES string of the molecule is Nc1cncc(-c2nccc3c(C(=O)C(=O)N4CCN(C(=O)c5ccccc5)CC45CC5)c[nH]c23)n1. The fourth-order valence-electron chi connectivity index (χ4n) is 4.97. The number of Topliss-reactive ketones (excluding diaryl/α,β-unsaturated/α-hetero) is 1. The Morgan fingerprint density at radius 3 is 2.58 bits per heavy atom. The molecule has 1 spiro atoms. The van der Waals surface area contributed by atoms with E-state index in [0.717, 1.165) is 12.8 Å². The summed E-state index contributed by atoms with van der Waals surface area (Å²) in [6.45, 7) is 1.12. The largest absolute Gasteiger partial charge is 0.382 e. The van der Waals surface area contributed by atoms with Gasteiger partial charge in [0.2, 0.25) is 0 Å². The molecule has 36 heavy (non-hydrogen) atoms. The van der Waals surface area contributed by atoms with Gasteiger partial charge in [0, 0.05) is 43.0 Å². The second-order valence-corrected chi connectivity index (χ2v) is 9.22. The first-order chi connectivity index (χ1) is 17.5. The molecule has 4 aromatic rings. The molecule has 2 aliphatic rings. The van der Waals surface area contributed by atoms with E-state index in [9.17, 15) is 14.4 Å². The fraction of sp³-hybridized carbons (Fsp3) is 0.231. The molecule has 180 valence electrons. The van der Waals surface area contributed by atoms with Gasteiger partial charge in [-0.3, -0.25) is 24.4 Å². The molecule has 4 heterocycles. The minimum Gasteiger partial charge on any atom is -0.382 e. The smallest absolute Gasteiger partial charge is 0.295 e. The highest BCUT2D eigenvalue weighted by Crippen LogP contribution is 2.45. The van der Waals surface area contributed by atoms with Gasteiger partial charge in [-0.1, -0.05) is 18.2 Å². The average Bonchev–Trinajstić information content (AvgIpc) is 3.52. The molecule has 2 amide bonds. The second-order valence-electron chi connectivity index (χ2n) is 9.22.